The molecule has 24 nitrogen and oxygen atoms in total. The van der Waals surface area contributed by atoms with Crippen molar-refractivity contribution in [2.75, 3.05) is 13.1 Å². The van der Waals surface area contributed by atoms with Crippen molar-refractivity contribution >= 4 is 75.6 Å². The number of amides is 6. The molecule has 0 saturated carbocycles. The van der Waals surface area contributed by atoms with Crippen LogP contribution in [-0.4, -0.2) is 123 Å². The number of fused-ring (bicyclic) bond motifs is 1. The highest BCUT2D eigenvalue weighted by Gasteiger charge is 2.36. The van der Waals surface area contributed by atoms with E-state index in [0.29, 0.717) is 11.3 Å². The average Bonchev–Trinajstić information content (AvgIpc) is 4.07. The fourth-order valence-corrected chi connectivity index (χ4v) is 9.28. The van der Waals surface area contributed by atoms with Gasteiger partial charge in [0.1, 0.15) is 41.6 Å². The first kappa shape index (κ1) is 60.4. The highest BCUT2D eigenvalue weighted by Crippen LogP contribution is 2.27. The minimum atomic E-state index is -1.50. The molecule has 1 aliphatic rings. The second kappa shape index (κ2) is 30.3. The first-order valence-corrected chi connectivity index (χ1v) is 26.0. The number of aliphatic imine (C=N–C) groups is 2. The van der Waals surface area contributed by atoms with Crippen LogP contribution in [0.1, 0.15) is 101 Å². The molecule has 0 bridgehead atoms. The molecule has 2 aromatic heterocycles. The highest BCUT2D eigenvalue weighted by atomic mass is 19.1. The van der Waals surface area contributed by atoms with Crippen LogP contribution in [0.5, 0.6) is 0 Å². The van der Waals surface area contributed by atoms with E-state index in [1.165, 1.54) is 37.6 Å². The summed E-state index contributed by atoms with van der Waals surface area (Å²) in [5.41, 5.74) is 29.8. The number of ketones is 3. The third kappa shape index (κ3) is 19.6. The van der Waals surface area contributed by atoms with E-state index >= 15 is 4.39 Å². The third-order valence-corrected chi connectivity index (χ3v) is 13.4. The van der Waals surface area contributed by atoms with Gasteiger partial charge in [-0.25, -0.2) is 9.37 Å². The molecule has 25 heteroatoms. The number of rotatable bonds is 18. The van der Waals surface area contributed by atoms with Crippen LogP contribution in [0.15, 0.2) is 77.2 Å². The molecular weight excluding hydrogens is 1010 g/mol. The summed E-state index contributed by atoms with van der Waals surface area (Å²) in [6.07, 6.45) is 3.37. The number of halogens is 1. The molecule has 0 aliphatic carbocycles. The van der Waals surface area contributed by atoms with Gasteiger partial charge in [0.25, 0.3) is 0 Å². The predicted molar refractivity (Wildman–Crippen MR) is 288 cm³/mol. The lowest BCUT2D eigenvalue weighted by Crippen LogP contribution is -2.58. The first-order valence-electron chi connectivity index (χ1n) is 26.0. The van der Waals surface area contributed by atoms with E-state index in [9.17, 15) is 43.2 Å². The molecule has 7 atom stereocenters. The predicted octanol–water partition coefficient (Wildman–Crippen LogP) is 0.168. The summed E-state index contributed by atoms with van der Waals surface area (Å²) in [6.45, 7) is 1.41. The van der Waals surface area contributed by atoms with Crippen LogP contribution in [0.4, 0.5) is 4.39 Å². The summed E-state index contributed by atoms with van der Waals surface area (Å²) >= 11 is 0. The van der Waals surface area contributed by atoms with E-state index in [4.69, 9.17) is 28.7 Å². The summed E-state index contributed by atoms with van der Waals surface area (Å²) in [4.78, 5) is 144. The van der Waals surface area contributed by atoms with Gasteiger partial charge in [0.15, 0.2) is 17.7 Å². The minimum absolute atomic E-state index is 0.00480. The summed E-state index contributed by atoms with van der Waals surface area (Å²) in [5, 5.41) is 14.2. The Kier molecular flexibility index (Phi) is 23.4. The third-order valence-electron chi connectivity index (χ3n) is 13.4. The van der Waals surface area contributed by atoms with Crippen LogP contribution < -0.4 is 55.3 Å². The summed E-state index contributed by atoms with van der Waals surface area (Å²) in [7, 11) is 0. The molecule has 1 saturated heterocycles. The van der Waals surface area contributed by atoms with Gasteiger partial charge in [0.05, 0.1) is 12.4 Å². The van der Waals surface area contributed by atoms with Gasteiger partial charge in [-0.3, -0.25) is 53.1 Å². The number of H-pyrrole nitrogens is 2. The number of para-hydroxylation sites is 1. The molecule has 17 N–H and O–H groups in total. The van der Waals surface area contributed by atoms with Crippen molar-refractivity contribution in [3.05, 3.63) is 89.9 Å². The van der Waals surface area contributed by atoms with Crippen LogP contribution in [0.3, 0.4) is 0 Å². The molecular formula is C53H72FN15O9. The van der Waals surface area contributed by atoms with E-state index in [1.807, 2.05) is 24.3 Å². The van der Waals surface area contributed by atoms with Gasteiger partial charge in [0.2, 0.25) is 35.4 Å². The van der Waals surface area contributed by atoms with Crippen LogP contribution in [-0.2, 0) is 62.4 Å². The first-order chi connectivity index (χ1) is 37.3. The number of primary amides is 1. The number of hydrogen-bond acceptors (Lipinski definition) is 12. The zero-order valence-corrected chi connectivity index (χ0v) is 43.7. The Morgan fingerprint density at radius 3 is 2.12 bits per heavy atom. The van der Waals surface area contributed by atoms with Crippen LogP contribution in [0.2, 0.25) is 0 Å². The van der Waals surface area contributed by atoms with Gasteiger partial charge in [-0.15, -0.1) is 0 Å². The Labute approximate surface area is 450 Å². The largest absolute Gasteiger partial charge is 0.370 e. The Balaban J connectivity index is 1.56. The van der Waals surface area contributed by atoms with Gasteiger partial charge < -0.3 is 65.2 Å². The molecule has 1 aliphatic heterocycles. The zero-order chi connectivity index (χ0) is 56.7. The average molecular weight is 1080 g/mol. The number of nitrogens with one attached hydrogen (secondary N) is 7. The monoisotopic (exact) mass is 1080 g/mol. The molecule has 6 amide bonds. The maximum Gasteiger partial charge on any atom is 0.243 e. The maximum atomic E-state index is 15.5. The zero-order valence-electron chi connectivity index (χ0n) is 43.7. The van der Waals surface area contributed by atoms with E-state index in [1.54, 1.807) is 12.3 Å². The summed E-state index contributed by atoms with van der Waals surface area (Å²) < 4.78 is 15.5. The van der Waals surface area contributed by atoms with Crippen LogP contribution in [0, 0.1) is 17.7 Å². The Bertz CT molecular complexity index is 2790. The highest BCUT2D eigenvalue weighted by molar-refractivity contribution is 5.98. The lowest BCUT2D eigenvalue weighted by atomic mass is 9.83. The number of Topliss-reactive ketones (excluding diaryl/α,β-unsaturated/α-hetero) is 3. The number of aromatic nitrogens is 3. The number of benzene rings is 2. The van der Waals surface area contributed by atoms with Crippen molar-refractivity contribution in [3.63, 3.8) is 0 Å². The molecule has 0 radical (unpaired) electrons. The Morgan fingerprint density at radius 1 is 0.731 bits per heavy atom. The van der Waals surface area contributed by atoms with Crippen LogP contribution >= 0.6 is 0 Å². The molecule has 420 valence electrons. The summed E-state index contributed by atoms with van der Waals surface area (Å²) in [6, 6.07) is 6.14. The van der Waals surface area contributed by atoms with E-state index in [2.05, 4.69) is 51.5 Å². The number of nitrogens with zero attached hydrogens (tertiary/aromatic N) is 3. The van der Waals surface area contributed by atoms with Gasteiger partial charge >= 0.3 is 0 Å². The Morgan fingerprint density at radius 2 is 1.42 bits per heavy atom. The van der Waals surface area contributed by atoms with Crippen molar-refractivity contribution in [2.45, 2.75) is 133 Å². The van der Waals surface area contributed by atoms with Gasteiger partial charge in [0, 0.05) is 99.4 Å². The number of nitrogens with two attached hydrogens (primary N) is 5. The van der Waals surface area contributed by atoms with E-state index in [-0.39, 0.29) is 120 Å². The SMILES string of the molecule is CC(=O)N[C@H](CCCN=C(N)N)C(=O)N[C@H]1CCCCC(=O)CC[C@@H](C(N)=O)NC(=O)[C@H](Cc2c[nH]c3ccccc23)CC(=O)[C@H](CCCN=C(N)N)CC(=O)[C@@H](Cc2ccccc2F)NC(=O)[C@H](Cc2cnc[nH]2)NC1=O. The number of hydrogen-bond donors (Lipinski definition) is 12. The minimum Gasteiger partial charge on any atom is -0.370 e. The molecule has 5 rings (SSSR count). The van der Waals surface area contributed by atoms with Gasteiger partial charge in [-0.1, -0.05) is 42.8 Å². The standard InChI is InChI=1S/C53H72FN15O9/c1-30(70)65-41(17-9-21-62-53(58)59)49(76)67-42-16-6-3-12-36(71)18-19-40(47(55)74)66-48(75)33(22-34-27-63-39-15-7-4-13-37(34)39)25-45(72)32(11-8-20-61-52(56)57)24-46(73)43(23-31-10-2-5-14-38(31)54)68-51(78)44(69-50(42)77)26-35-28-60-29-64-35/h2,4-5,7,10,13-15,27-29,32-33,40-44,63H,3,6,8-9,11-12,16-26H2,1H3,(H2,55,74)(H,60,64)(H,65,70)(H,66,75)(H,67,76)(H,68,78)(H,69,77)(H4,56,57,61)(H4,58,59,62)/t32-,33-,40+,41-,42+,43-,44+/m1/s1. The number of guanidine groups is 2. The van der Waals surface area contributed by atoms with Gasteiger partial charge in [-0.2, -0.15) is 0 Å². The second-order valence-corrected chi connectivity index (χ2v) is 19.5. The van der Waals surface area contributed by atoms with E-state index < -0.39 is 108 Å². The number of aromatic amines is 2. The van der Waals surface area contributed by atoms with Crippen molar-refractivity contribution in [1.29, 1.82) is 0 Å². The molecule has 78 heavy (non-hydrogen) atoms. The smallest absolute Gasteiger partial charge is 0.243 e. The number of carbonyl (C=O) groups is 9. The number of imidazole rings is 1. The maximum absolute atomic E-state index is 15.5. The normalized spacial score (nSPS) is 21.1. The molecule has 0 unspecified atom stereocenters. The van der Waals surface area contributed by atoms with E-state index in [0.717, 1.165) is 10.9 Å². The lowest BCUT2D eigenvalue weighted by Gasteiger charge is -2.27. The molecule has 2 aromatic carbocycles. The Hall–Kier alpha value is -8.51. The molecule has 3 heterocycles. The lowest BCUT2D eigenvalue weighted by molar-refractivity contribution is -0.135. The van der Waals surface area contributed by atoms with Crippen molar-refractivity contribution in [3.8, 4) is 0 Å². The fraction of sp³-hybridized carbons (Fsp3) is 0.472. The number of carbonyl (C=O) groups excluding carboxylic acids is 9. The molecule has 4 aromatic rings. The van der Waals surface area contributed by atoms with Crippen molar-refractivity contribution in [2.24, 2.45) is 50.5 Å². The topological polar surface area (TPSA) is 413 Å². The summed E-state index contributed by atoms with van der Waals surface area (Å²) in [5.74, 6) is -9.50. The quantitative estimate of drug-likeness (QED) is 0.0359. The van der Waals surface area contributed by atoms with Crippen molar-refractivity contribution < 1.29 is 47.5 Å². The van der Waals surface area contributed by atoms with Gasteiger partial charge in [-0.05, 0) is 74.6 Å². The van der Waals surface area contributed by atoms with Crippen molar-refractivity contribution in [1.82, 2.24) is 41.5 Å². The molecule has 1 fully saturated rings. The fourth-order valence-electron chi connectivity index (χ4n) is 9.28. The second-order valence-electron chi connectivity index (χ2n) is 19.5. The molecule has 0 spiro atoms. The van der Waals surface area contributed by atoms with Crippen LogP contribution in [0.25, 0.3) is 10.9 Å².